The first-order chi connectivity index (χ1) is 9.70. The Kier molecular flexibility index (Phi) is 6.39. The highest BCUT2D eigenvalue weighted by molar-refractivity contribution is 9.10. The summed E-state index contributed by atoms with van der Waals surface area (Å²) in [4.78, 5) is 13.1. The van der Waals surface area contributed by atoms with Gasteiger partial charge in [-0.1, -0.05) is 18.6 Å². The molecule has 2 unspecified atom stereocenters. The van der Waals surface area contributed by atoms with Crippen LogP contribution in [0.4, 0.5) is 0 Å². The first kappa shape index (κ1) is 15.9. The minimum absolute atomic E-state index is 0.148. The summed E-state index contributed by atoms with van der Waals surface area (Å²) in [7, 11) is 0. The molecule has 2 rings (SSSR count). The zero-order chi connectivity index (χ0) is 14.4. The van der Waals surface area contributed by atoms with Crippen LogP contribution < -0.4 is 11.1 Å². The highest BCUT2D eigenvalue weighted by atomic mass is 79.9. The fourth-order valence-electron chi connectivity index (χ4n) is 2.60. The van der Waals surface area contributed by atoms with Gasteiger partial charge in [-0.2, -0.15) is 0 Å². The first-order valence-corrected chi connectivity index (χ1v) is 8.85. The number of rotatable bonds is 6. The number of amides is 1. The molecule has 1 aliphatic carbocycles. The fraction of sp³-hybridized carbons (Fsp3) is 0.533. The molecule has 1 aromatic rings. The maximum absolute atomic E-state index is 12.0. The van der Waals surface area contributed by atoms with Crippen molar-refractivity contribution in [1.29, 1.82) is 0 Å². The van der Waals surface area contributed by atoms with Gasteiger partial charge in [-0.15, -0.1) is 11.8 Å². The van der Waals surface area contributed by atoms with Crippen LogP contribution in [-0.4, -0.2) is 24.2 Å². The monoisotopic (exact) mass is 356 g/mol. The largest absolute Gasteiger partial charge is 0.353 e. The van der Waals surface area contributed by atoms with Crippen molar-refractivity contribution in [2.45, 2.75) is 36.6 Å². The molecule has 0 bridgehead atoms. The summed E-state index contributed by atoms with van der Waals surface area (Å²) in [5.74, 6) is 1.42. The van der Waals surface area contributed by atoms with E-state index in [2.05, 4.69) is 27.3 Å². The van der Waals surface area contributed by atoms with Crippen LogP contribution in [0.25, 0.3) is 0 Å². The minimum atomic E-state index is 0.148. The van der Waals surface area contributed by atoms with Crippen molar-refractivity contribution in [3.05, 3.63) is 28.7 Å². The molecular weight excluding hydrogens is 336 g/mol. The van der Waals surface area contributed by atoms with Gasteiger partial charge in [0.1, 0.15) is 0 Å². The molecule has 1 saturated carbocycles. The molecule has 3 nitrogen and oxygen atoms in total. The fourth-order valence-corrected chi connectivity index (χ4v) is 4.12. The van der Waals surface area contributed by atoms with Crippen LogP contribution in [0.15, 0.2) is 33.6 Å². The van der Waals surface area contributed by atoms with E-state index < -0.39 is 0 Å². The minimum Gasteiger partial charge on any atom is -0.353 e. The van der Waals surface area contributed by atoms with E-state index in [-0.39, 0.29) is 5.91 Å². The zero-order valence-corrected chi connectivity index (χ0v) is 13.9. The molecule has 1 aliphatic rings. The van der Waals surface area contributed by atoms with E-state index in [4.69, 9.17) is 5.73 Å². The van der Waals surface area contributed by atoms with Crippen LogP contribution in [0.1, 0.15) is 25.7 Å². The van der Waals surface area contributed by atoms with Gasteiger partial charge in [-0.25, -0.2) is 0 Å². The SMILES string of the molecule is NCC1CCCC1NC(=O)CCSc1ccccc1Br. The number of hydrogen-bond acceptors (Lipinski definition) is 3. The number of carbonyl (C=O) groups excluding carboxylic acids is 1. The number of thioether (sulfide) groups is 1. The van der Waals surface area contributed by atoms with E-state index in [1.807, 2.05) is 18.2 Å². The third-order valence-corrected chi connectivity index (χ3v) is 5.76. The van der Waals surface area contributed by atoms with Crippen LogP contribution in [0.5, 0.6) is 0 Å². The standard InChI is InChI=1S/C15H21BrN2OS/c16-12-5-1-2-7-14(12)20-9-8-15(19)18-13-6-3-4-11(13)10-17/h1-2,5,7,11,13H,3-4,6,8-10,17H2,(H,18,19). The van der Waals surface area contributed by atoms with Crippen molar-refractivity contribution in [2.75, 3.05) is 12.3 Å². The lowest BCUT2D eigenvalue weighted by Crippen LogP contribution is -2.39. The quantitative estimate of drug-likeness (QED) is 0.769. The molecule has 110 valence electrons. The molecule has 2 atom stereocenters. The van der Waals surface area contributed by atoms with Gasteiger partial charge in [-0.3, -0.25) is 4.79 Å². The van der Waals surface area contributed by atoms with Gasteiger partial charge in [0.25, 0.3) is 0 Å². The summed E-state index contributed by atoms with van der Waals surface area (Å²) in [5.41, 5.74) is 5.73. The van der Waals surface area contributed by atoms with E-state index in [1.165, 1.54) is 11.3 Å². The molecule has 0 saturated heterocycles. The number of hydrogen-bond donors (Lipinski definition) is 2. The van der Waals surface area contributed by atoms with Gasteiger partial charge in [0.05, 0.1) is 0 Å². The van der Waals surface area contributed by atoms with E-state index in [0.717, 1.165) is 23.1 Å². The average molecular weight is 357 g/mol. The van der Waals surface area contributed by atoms with E-state index in [0.29, 0.717) is 24.9 Å². The molecule has 0 aromatic heterocycles. The Balaban J connectivity index is 1.72. The lowest BCUT2D eigenvalue weighted by molar-refractivity contribution is -0.121. The molecule has 20 heavy (non-hydrogen) atoms. The smallest absolute Gasteiger partial charge is 0.221 e. The Morgan fingerprint density at radius 2 is 2.20 bits per heavy atom. The predicted octanol–water partition coefficient (Wildman–Crippen LogP) is 3.17. The Morgan fingerprint density at radius 1 is 1.40 bits per heavy atom. The van der Waals surface area contributed by atoms with Crippen molar-refractivity contribution in [1.82, 2.24) is 5.32 Å². The third-order valence-electron chi connectivity index (χ3n) is 3.73. The molecule has 5 heteroatoms. The number of nitrogens with one attached hydrogen (secondary N) is 1. The molecular formula is C15H21BrN2OS. The van der Waals surface area contributed by atoms with Gasteiger partial charge in [0, 0.05) is 27.6 Å². The van der Waals surface area contributed by atoms with Crippen molar-refractivity contribution in [2.24, 2.45) is 11.7 Å². The van der Waals surface area contributed by atoms with Gasteiger partial charge >= 0.3 is 0 Å². The van der Waals surface area contributed by atoms with Crippen molar-refractivity contribution < 1.29 is 4.79 Å². The molecule has 0 spiro atoms. The second kappa shape index (κ2) is 8.05. The second-order valence-electron chi connectivity index (χ2n) is 5.13. The normalized spacial score (nSPS) is 21.9. The average Bonchev–Trinajstić information content (AvgIpc) is 2.88. The van der Waals surface area contributed by atoms with Gasteiger partial charge in [-0.05, 0) is 53.4 Å². The molecule has 0 heterocycles. The third kappa shape index (κ3) is 4.50. The Hall–Kier alpha value is -0.520. The topological polar surface area (TPSA) is 55.1 Å². The summed E-state index contributed by atoms with van der Waals surface area (Å²) in [5, 5.41) is 3.14. The van der Waals surface area contributed by atoms with Crippen LogP contribution in [0.2, 0.25) is 0 Å². The molecule has 1 amide bonds. The van der Waals surface area contributed by atoms with Gasteiger partial charge in [0.15, 0.2) is 0 Å². The second-order valence-corrected chi connectivity index (χ2v) is 7.12. The van der Waals surface area contributed by atoms with Crippen molar-refractivity contribution >= 4 is 33.6 Å². The highest BCUT2D eigenvalue weighted by Crippen LogP contribution is 2.28. The summed E-state index contributed by atoms with van der Waals surface area (Å²) in [6.45, 7) is 0.677. The predicted molar refractivity (Wildman–Crippen MR) is 87.8 cm³/mol. The molecule has 0 radical (unpaired) electrons. The maximum Gasteiger partial charge on any atom is 0.221 e. The van der Waals surface area contributed by atoms with Crippen LogP contribution in [0.3, 0.4) is 0 Å². The summed E-state index contributed by atoms with van der Waals surface area (Å²) in [6, 6.07) is 8.38. The summed E-state index contributed by atoms with van der Waals surface area (Å²) in [6.07, 6.45) is 3.95. The van der Waals surface area contributed by atoms with Crippen molar-refractivity contribution in [3.8, 4) is 0 Å². The van der Waals surface area contributed by atoms with Gasteiger partial charge < -0.3 is 11.1 Å². The number of halogens is 1. The number of nitrogens with two attached hydrogens (primary N) is 1. The van der Waals surface area contributed by atoms with Crippen LogP contribution in [0, 0.1) is 5.92 Å². The summed E-state index contributed by atoms with van der Waals surface area (Å²) < 4.78 is 1.09. The summed E-state index contributed by atoms with van der Waals surface area (Å²) >= 11 is 5.22. The zero-order valence-electron chi connectivity index (χ0n) is 11.5. The lowest BCUT2D eigenvalue weighted by atomic mass is 10.0. The molecule has 0 aliphatic heterocycles. The van der Waals surface area contributed by atoms with E-state index >= 15 is 0 Å². The van der Waals surface area contributed by atoms with Crippen LogP contribution in [-0.2, 0) is 4.79 Å². The Labute approximate surface area is 133 Å². The Morgan fingerprint density at radius 3 is 2.95 bits per heavy atom. The van der Waals surface area contributed by atoms with Crippen LogP contribution >= 0.6 is 27.7 Å². The first-order valence-electron chi connectivity index (χ1n) is 7.07. The maximum atomic E-state index is 12.0. The Bertz CT molecular complexity index is 455. The van der Waals surface area contributed by atoms with Gasteiger partial charge in [0.2, 0.25) is 5.91 Å². The van der Waals surface area contributed by atoms with Crippen molar-refractivity contribution in [3.63, 3.8) is 0 Å². The van der Waals surface area contributed by atoms with E-state index in [1.54, 1.807) is 11.8 Å². The molecule has 3 N–H and O–H groups in total. The lowest BCUT2D eigenvalue weighted by Gasteiger charge is -2.19. The number of benzene rings is 1. The number of carbonyl (C=O) groups is 1. The highest BCUT2D eigenvalue weighted by Gasteiger charge is 2.26. The molecule has 1 aromatic carbocycles. The van der Waals surface area contributed by atoms with E-state index in [9.17, 15) is 4.79 Å². The molecule has 1 fully saturated rings.